The van der Waals surface area contributed by atoms with Gasteiger partial charge in [-0.2, -0.15) is 0 Å². The van der Waals surface area contributed by atoms with Gasteiger partial charge >= 0.3 is 5.97 Å². The maximum atomic E-state index is 12.6. The van der Waals surface area contributed by atoms with Crippen LogP contribution in [0.25, 0.3) is 5.57 Å². The first-order chi connectivity index (χ1) is 12.3. The summed E-state index contributed by atoms with van der Waals surface area (Å²) in [4.78, 5) is 12.6. The first-order valence-electron chi connectivity index (χ1n) is 8.94. The van der Waals surface area contributed by atoms with Crippen molar-refractivity contribution in [2.45, 2.75) is 37.9 Å². The summed E-state index contributed by atoms with van der Waals surface area (Å²) < 4.78 is 11.7. The second-order valence-corrected chi connectivity index (χ2v) is 6.63. The quantitative estimate of drug-likeness (QED) is 0.780. The molecule has 0 N–H and O–H groups in total. The molecule has 2 aromatic carbocycles. The van der Waals surface area contributed by atoms with Crippen molar-refractivity contribution in [3.8, 4) is 0 Å². The van der Waals surface area contributed by atoms with Gasteiger partial charge in [0.15, 0.2) is 6.10 Å². The summed E-state index contributed by atoms with van der Waals surface area (Å²) in [7, 11) is 0. The van der Waals surface area contributed by atoms with E-state index in [1.165, 1.54) is 5.56 Å². The van der Waals surface area contributed by atoms with Crippen LogP contribution in [0.3, 0.4) is 0 Å². The van der Waals surface area contributed by atoms with E-state index in [0.717, 1.165) is 29.6 Å². The molecule has 2 aliphatic rings. The van der Waals surface area contributed by atoms with Crippen LogP contribution in [0.2, 0.25) is 0 Å². The fourth-order valence-corrected chi connectivity index (χ4v) is 4.05. The van der Waals surface area contributed by atoms with E-state index in [2.05, 4.69) is 24.3 Å². The first kappa shape index (κ1) is 16.1. The lowest BCUT2D eigenvalue weighted by molar-refractivity contribution is -0.145. The van der Waals surface area contributed by atoms with Crippen molar-refractivity contribution >= 4 is 11.5 Å². The number of carbonyl (C=O) groups is 1. The SMILES string of the molecule is CCO[C@H]1C[C@@H](c2ccccc2)CC2=C(c3ccccc3)C(=O)O[C@H]21. The van der Waals surface area contributed by atoms with Gasteiger partial charge in [0.1, 0.15) is 0 Å². The molecule has 0 radical (unpaired) electrons. The second kappa shape index (κ2) is 6.85. The van der Waals surface area contributed by atoms with Crippen LogP contribution in [0.1, 0.15) is 36.8 Å². The molecular weight excluding hydrogens is 312 g/mol. The zero-order chi connectivity index (χ0) is 17.2. The highest BCUT2D eigenvalue weighted by Crippen LogP contribution is 2.45. The Morgan fingerprint density at radius 1 is 1.04 bits per heavy atom. The molecule has 0 aromatic heterocycles. The van der Waals surface area contributed by atoms with Gasteiger partial charge in [-0.05, 0) is 42.4 Å². The molecule has 1 saturated carbocycles. The molecule has 1 heterocycles. The summed E-state index contributed by atoms with van der Waals surface area (Å²) >= 11 is 0. The van der Waals surface area contributed by atoms with Gasteiger partial charge in [-0.3, -0.25) is 0 Å². The number of hydrogen-bond acceptors (Lipinski definition) is 3. The topological polar surface area (TPSA) is 35.5 Å². The molecule has 25 heavy (non-hydrogen) atoms. The molecule has 3 heteroatoms. The third-order valence-corrected chi connectivity index (χ3v) is 5.14. The lowest BCUT2D eigenvalue weighted by Gasteiger charge is -2.34. The molecule has 0 saturated heterocycles. The predicted molar refractivity (Wildman–Crippen MR) is 97.1 cm³/mol. The minimum absolute atomic E-state index is 0.0795. The molecular formula is C22H22O3. The van der Waals surface area contributed by atoms with Crippen LogP contribution in [0.15, 0.2) is 66.2 Å². The van der Waals surface area contributed by atoms with Crippen molar-refractivity contribution in [3.05, 3.63) is 77.4 Å². The number of ether oxygens (including phenoxy) is 2. The fraction of sp³-hybridized carbons (Fsp3) is 0.318. The van der Waals surface area contributed by atoms with Gasteiger partial charge in [0.25, 0.3) is 0 Å². The lowest BCUT2D eigenvalue weighted by atomic mass is 9.76. The Hall–Kier alpha value is -2.39. The van der Waals surface area contributed by atoms with Crippen LogP contribution in [-0.2, 0) is 14.3 Å². The zero-order valence-corrected chi connectivity index (χ0v) is 14.4. The molecule has 1 fully saturated rings. The Kier molecular flexibility index (Phi) is 4.41. The molecule has 0 amide bonds. The summed E-state index contributed by atoms with van der Waals surface area (Å²) in [5.74, 6) is 0.127. The summed E-state index contributed by atoms with van der Waals surface area (Å²) in [6.07, 6.45) is 1.39. The number of benzene rings is 2. The highest BCUT2D eigenvalue weighted by atomic mass is 16.6. The van der Waals surface area contributed by atoms with E-state index in [0.29, 0.717) is 12.5 Å². The zero-order valence-electron chi connectivity index (χ0n) is 14.4. The van der Waals surface area contributed by atoms with Crippen molar-refractivity contribution < 1.29 is 14.3 Å². The number of esters is 1. The smallest absolute Gasteiger partial charge is 0.339 e. The summed E-state index contributed by atoms with van der Waals surface area (Å²) in [6, 6.07) is 20.3. The number of fused-ring (bicyclic) bond motifs is 1. The van der Waals surface area contributed by atoms with Gasteiger partial charge in [0.2, 0.25) is 0 Å². The van der Waals surface area contributed by atoms with Gasteiger partial charge in [-0.15, -0.1) is 0 Å². The van der Waals surface area contributed by atoms with Gasteiger partial charge in [0, 0.05) is 6.61 Å². The van der Waals surface area contributed by atoms with E-state index >= 15 is 0 Å². The largest absolute Gasteiger partial charge is 0.451 e. The molecule has 1 aliphatic heterocycles. The first-order valence-corrected chi connectivity index (χ1v) is 8.94. The van der Waals surface area contributed by atoms with E-state index in [1.54, 1.807) is 0 Å². The number of hydrogen-bond donors (Lipinski definition) is 0. The van der Waals surface area contributed by atoms with E-state index in [-0.39, 0.29) is 18.2 Å². The van der Waals surface area contributed by atoms with E-state index in [1.807, 2.05) is 43.3 Å². The highest BCUT2D eigenvalue weighted by Gasteiger charge is 2.45. The normalized spacial score (nSPS) is 25.6. The van der Waals surface area contributed by atoms with Crippen LogP contribution in [0.5, 0.6) is 0 Å². The van der Waals surface area contributed by atoms with E-state index in [4.69, 9.17) is 9.47 Å². The number of rotatable bonds is 4. The van der Waals surface area contributed by atoms with Crippen molar-refractivity contribution in [2.24, 2.45) is 0 Å². The average Bonchev–Trinajstić information content (AvgIpc) is 2.99. The Morgan fingerprint density at radius 2 is 1.72 bits per heavy atom. The van der Waals surface area contributed by atoms with Gasteiger partial charge in [-0.1, -0.05) is 60.7 Å². The third-order valence-electron chi connectivity index (χ3n) is 5.14. The van der Waals surface area contributed by atoms with Crippen LogP contribution >= 0.6 is 0 Å². The van der Waals surface area contributed by atoms with Gasteiger partial charge in [0.05, 0.1) is 11.7 Å². The van der Waals surface area contributed by atoms with Gasteiger partial charge < -0.3 is 9.47 Å². The predicted octanol–water partition coefficient (Wildman–Crippen LogP) is 4.35. The minimum atomic E-state index is -0.248. The summed E-state index contributed by atoms with van der Waals surface area (Å²) in [5, 5.41) is 0. The Morgan fingerprint density at radius 3 is 2.40 bits per heavy atom. The lowest BCUT2D eigenvalue weighted by Crippen LogP contribution is -2.37. The molecule has 0 unspecified atom stereocenters. The van der Waals surface area contributed by atoms with Crippen LogP contribution in [0.4, 0.5) is 0 Å². The molecule has 0 bridgehead atoms. The second-order valence-electron chi connectivity index (χ2n) is 6.63. The van der Waals surface area contributed by atoms with Gasteiger partial charge in [-0.25, -0.2) is 4.79 Å². The monoisotopic (exact) mass is 334 g/mol. The number of carbonyl (C=O) groups excluding carboxylic acids is 1. The Labute approximate surface area is 148 Å². The average molecular weight is 334 g/mol. The molecule has 3 nitrogen and oxygen atoms in total. The molecule has 0 spiro atoms. The van der Waals surface area contributed by atoms with Crippen LogP contribution in [0, 0.1) is 0 Å². The van der Waals surface area contributed by atoms with E-state index in [9.17, 15) is 4.79 Å². The molecule has 4 rings (SSSR count). The molecule has 3 atom stereocenters. The Balaban J connectivity index is 1.76. The van der Waals surface area contributed by atoms with Crippen molar-refractivity contribution in [2.75, 3.05) is 6.61 Å². The maximum absolute atomic E-state index is 12.6. The van der Waals surface area contributed by atoms with E-state index < -0.39 is 0 Å². The highest BCUT2D eigenvalue weighted by molar-refractivity contribution is 6.19. The summed E-state index contributed by atoms with van der Waals surface area (Å²) in [5.41, 5.74) is 4.06. The standard InChI is InChI=1S/C22H22O3/c1-2-24-19-14-17(15-9-5-3-6-10-15)13-18-20(22(23)25-21(18)19)16-11-7-4-8-12-16/h3-12,17,19,21H,2,13-14H2,1H3/t17-,19-,21+/m0/s1. The maximum Gasteiger partial charge on any atom is 0.339 e. The minimum Gasteiger partial charge on any atom is -0.451 e. The fourth-order valence-electron chi connectivity index (χ4n) is 4.05. The van der Waals surface area contributed by atoms with Crippen molar-refractivity contribution in [1.82, 2.24) is 0 Å². The Bertz CT molecular complexity index is 779. The molecule has 1 aliphatic carbocycles. The van der Waals surface area contributed by atoms with Crippen molar-refractivity contribution in [1.29, 1.82) is 0 Å². The van der Waals surface area contributed by atoms with Crippen LogP contribution in [-0.4, -0.2) is 24.8 Å². The third kappa shape index (κ3) is 3.00. The molecule has 2 aromatic rings. The molecule has 128 valence electrons. The van der Waals surface area contributed by atoms with Crippen molar-refractivity contribution in [3.63, 3.8) is 0 Å². The van der Waals surface area contributed by atoms with Crippen LogP contribution < -0.4 is 0 Å². The summed E-state index contributed by atoms with van der Waals surface area (Å²) in [6.45, 7) is 2.61.